The van der Waals surface area contributed by atoms with Gasteiger partial charge in [-0.05, 0) is 13.0 Å². The number of methoxy groups -OCH3 is 1. The molecule has 0 spiro atoms. The van der Waals surface area contributed by atoms with Crippen molar-refractivity contribution in [2.24, 2.45) is 0 Å². The summed E-state index contributed by atoms with van der Waals surface area (Å²) in [5, 5.41) is 4.67. The van der Waals surface area contributed by atoms with Crippen LogP contribution in [0.4, 0.5) is 14.5 Å². The number of carbonyl (C=O) groups is 1. The monoisotopic (exact) mass is 298 g/mol. The van der Waals surface area contributed by atoms with Crippen molar-refractivity contribution in [1.29, 1.82) is 0 Å². The number of hydrogen-bond acceptors (Lipinski definition) is 5. The zero-order valence-electron chi connectivity index (χ0n) is 10.8. The molecule has 1 aromatic heterocycles. The van der Waals surface area contributed by atoms with Gasteiger partial charge < -0.3 is 10.1 Å². The molecule has 2 aromatic rings. The summed E-state index contributed by atoms with van der Waals surface area (Å²) in [7, 11) is 1.14. The average Bonchev–Trinajstić information content (AvgIpc) is 2.95. The van der Waals surface area contributed by atoms with Crippen LogP contribution in [0, 0.1) is 11.6 Å². The van der Waals surface area contributed by atoms with Crippen molar-refractivity contribution in [3.63, 3.8) is 0 Å². The van der Waals surface area contributed by atoms with Gasteiger partial charge in [0.15, 0.2) is 0 Å². The summed E-state index contributed by atoms with van der Waals surface area (Å²) in [5.41, 5.74) is 2.10. The van der Waals surface area contributed by atoms with E-state index in [1.807, 2.05) is 5.38 Å². The number of aromatic nitrogens is 1. The molecule has 0 saturated carbocycles. The minimum atomic E-state index is -0.957. The summed E-state index contributed by atoms with van der Waals surface area (Å²) in [6, 6.07) is 1.48. The molecular formula is C13H12F2N2O2S. The Morgan fingerprint density at radius 1 is 1.40 bits per heavy atom. The maximum absolute atomic E-state index is 13.7. The van der Waals surface area contributed by atoms with Gasteiger partial charge in [0, 0.05) is 11.4 Å². The molecule has 0 fully saturated rings. The number of nitrogens with zero attached hydrogens (tertiary/aromatic N) is 1. The minimum Gasteiger partial charge on any atom is -0.465 e. The van der Waals surface area contributed by atoms with Crippen molar-refractivity contribution in [1.82, 2.24) is 4.98 Å². The number of ether oxygens (including phenoxy) is 1. The first kappa shape index (κ1) is 14.4. The standard InChI is InChI=1S/C13H12F2N2O2S/c1-7(12-5-20-6-16-12)17-11-3-8(13(18)19-2)9(14)4-10(11)15/h3-7,17H,1-2H3. The van der Waals surface area contributed by atoms with Gasteiger partial charge in [-0.2, -0.15) is 0 Å². The van der Waals surface area contributed by atoms with Crippen LogP contribution in [0.1, 0.15) is 29.0 Å². The Labute approximate surface area is 118 Å². The van der Waals surface area contributed by atoms with Crippen LogP contribution in [0.2, 0.25) is 0 Å². The Morgan fingerprint density at radius 2 is 2.15 bits per heavy atom. The third kappa shape index (κ3) is 2.93. The van der Waals surface area contributed by atoms with Crippen LogP contribution in [-0.4, -0.2) is 18.1 Å². The van der Waals surface area contributed by atoms with Crippen LogP contribution in [0.15, 0.2) is 23.0 Å². The van der Waals surface area contributed by atoms with E-state index in [0.29, 0.717) is 6.07 Å². The molecular weight excluding hydrogens is 286 g/mol. The first-order valence-corrected chi connectivity index (χ1v) is 6.69. The van der Waals surface area contributed by atoms with E-state index in [4.69, 9.17) is 0 Å². The van der Waals surface area contributed by atoms with E-state index < -0.39 is 17.6 Å². The van der Waals surface area contributed by atoms with Crippen molar-refractivity contribution in [2.75, 3.05) is 12.4 Å². The van der Waals surface area contributed by atoms with Gasteiger partial charge in [0.2, 0.25) is 0 Å². The molecule has 106 valence electrons. The summed E-state index contributed by atoms with van der Waals surface area (Å²) in [5.74, 6) is -2.59. The fraction of sp³-hybridized carbons (Fsp3) is 0.231. The molecule has 0 aliphatic carbocycles. The molecule has 1 aromatic carbocycles. The lowest BCUT2D eigenvalue weighted by Crippen LogP contribution is -2.11. The Kier molecular flexibility index (Phi) is 4.29. The normalized spacial score (nSPS) is 12.0. The topological polar surface area (TPSA) is 51.2 Å². The highest BCUT2D eigenvalue weighted by Crippen LogP contribution is 2.24. The molecule has 20 heavy (non-hydrogen) atoms. The van der Waals surface area contributed by atoms with Gasteiger partial charge in [0.25, 0.3) is 0 Å². The molecule has 0 saturated heterocycles. The van der Waals surface area contributed by atoms with Crippen LogP contribution in [0.3, 0.4) is 0 Å². The minimum absolute atomic E-state index is 0.0206. The molecule has 0 radical (unpaired) electrons. The summed E-state index contributed by atoms with van der Waals surface area (Å²) < 4.78 is 31.7. The SMILES string of the molecule is COC(=O)c1cc(NC(C)c2cscn2)c(F)cc1F. The maximum atomic E-state index is 13.7. The highest BCUT2D eigenvalue weighted by Gasteiger charge is 2.18. The van der Waals surface area contributed by atoms with E-state index >= 15 is 0 Å². The van der Waals surface area contributed by atoms with Gasteiger partial charge in [-0.3, -0.25) is 0 Å². The van der Waals surface area contributed by atoms with Crippen molar-refractivity contribution in [3.8, 4) is 0 Å². The fourth-order valence-electron chi connectivity index (χ4n) is 1.67. The van der Waals surface area contributed by atoms with Crippen molar-refractivity contribution in [3.05, 3.63) is 45.9 Å². The number of hydrogen-bond donors (Lipinski definition) is 1. The number of nitrogens with one attached hydrogen (secondary N) is 1. The number of anilines is 1. The number of benzene rings is 1. The molecule has 2 rings (SSSR count). The lowest BCUT2D eigenvalue weighted by Gasteiger charge is -2.15. The zero-order valence-corrected chi connectivity index (χ0v) is 11.6. The molecule has 1 atom stereocenters. The van der Waals surface area contributed by atoms with E-state index in [1.165, 1.54) is 11.3 Å². The van der Waals surface area contributed by atoms with E-state index in [9.17, 15) is 13.6 Å². The zero-order chi connectivity index (χ0) is 14.7. The second kappa shape index (κ2) is 5.96. The quantitative estimate of drug-likeness (QED) is 0.879. The molecule has 0 amide bonds. The smallest absolute Gasteiger partial charge is 0.340 e. The highest BCUT2D eigenvalue weighted by molar-refractivity contribution is 7.07. The first-order valence-electron chi connectivity index (χ1n) is 5.75. The molecule has 0 aliphatic rings. The maximum Gasteiger partial charge on any atom is 0.340 e. The molecule has 0 bridgehead atoms. The molecule has 1 heterocycles. The van der Waals surface area contributed by atoms with Crippen molar-refractivity contribution in [2.45, 2.75) is 13.0 Å². The lowest BCUT2D eigenvalue weighted by atomic mass is 10.1. The molecule has 7 heteroatoms. The average molecular weight is 298 g/mol. The molecule has 0 aliphatic heterocycles. The van der Waals surface area contributed by atoms with Crippen LogP contribution >= 0.6 is 11.3 Å². The third-order valence-corrected chi connectivity index (χ3v) is 3.33. The number of halogens is 2. The van der Waals surface area contributed by atoms with Crippen LogP contribution in [0.25, 0.3) is 0 Å². The fourth-order valence-corrected chi connectivity index (χ4v) is 2.32. The Bertz CT molecular complexity index is 617. The van der Waals surface area contributed by atoms with Gasteiger partial charge in [-0.15, -0.1) is 11.3 Å². The summed E-state index contributed by atoms with van der Waals surface area (Å²) in [4.78, 5) is 15.5. The van der Waals surface area contributed by atoms with Gasteiger partial charge in [-0.25, -0.2) is 18.6 Å². The number of esters is 1. The van der Waals surface area contributed by atoms with E-state index in [2.05, 4.69) is 15.0 Å². The summed E-state index contributed by atoms with van der Waals surface area (Å²) >= 11 is 1.42. The second-order valence-electron chi connectivity index (χ2n) is 4.08. The van der Waals surface area contributed by atoms with Gasteiger partial charge >= 0.3 is 5.97 Å². The Balaban J connectivity index is 2.29. The molecule has 4 nitrogen and oxygen atoms in total. The molecule has 1 N–H and O–H groups in total. The number of carbonyl (C=O) groups excluding carboxylic acids is 1. The largest absolute Gasteiger partial charge is 0.465 e. The summed E-state index contributed by atoms with van der Waals surface area (Å²) in [6.07, 6.45) is 0. The number of thiazole rings is 1. The Morgan fingerprint density at radius 3 is 2.75 bits per heavy atom. The second-order valence-corrected chi connectivity index (χ2v) is 4.80. The third-order valence-electron chi connectivity index (χ3n) is 2.73. The molecule has 1 unspecified atom stereocenters. The van der Waals surface area contributed by atoms with Crippen LogP contribution in [0.5, 0.6) is 0 Å². The Hall–Kier alpha value is -2.02. The first-order chi connectivity index (χ1) is 9.52. The van der Waals surface area contributed by atoms with E-state index in [-0.39, 0.29) is 17.3 Å². The van der Waals surface area contributed by atoms with Gasteiger partial charge in [0.05, 0.1) is 35.6 Å². The predicted octanol–water partition coefficient (Wildman–Crippen LogP) is 3.38. The summed E-state index contributed by atoms with van der Waals surface area (Å²) in [6.45, 7) is 1.79. The van der Waals surface area contributed by atoms with Gasteiger partial charge in [0.1, 0.15) is 11.6 Å². The van der Waals surface area contributed by atoms with Crippen molar-refractivity contribution < 1.29 is 18.3 Å². The van der Waals surface area contributed by atoms with Crippen molar-refractivity contribution >= 4 is 23.0 Å². The van der Waals surface area contributed by atoms with Crippen LogP contribution < -0.4 is 5.32 Å². The highest BCUT2D eigenvalue weighted by atomic mass is 32.1. The van der Waals surface area contributed by atoms with E-state index in [1.54, 1.807) is 12.4 Å². The number of rotatable bonds is 4. The predicted molar refractivity (Wildman–Crippen MR) is 71.8 cm³/mol. The van der Waals surface area contributed by atoms with Crippen LogP contribution in [-0.2, 0) is 4.74 Å². The van der Waals surface area contributed by atoms with Gasteiger partial charge in [-0.1, -0.05) is 0 Å². The lowest BCUT2D eigenvalue weighted by molar-refractivity contribution is 0.0595. The van der Waals surface area contributed by atoms with E-state index in [0.717, 1.165) is 18.9 Å².